The van der Waals surface area contributed by atoms with Crippen molar-refractivity contribution in [3.8, 4) is 0 Å². The van der Waals surface area contributed by atoms with E-state index in [4.69, 9.17) is 0 Å². The lowest BCUT2D eigenvalue weighted by atomic mass is 9.94. The number of carbonyl (C=O) groups excluding carboxylic acids is 3. The molecule has 1 fully saturated rings. The summed E-state index contributed by atoms with van der Waals surface area (Å²) >= 11 is 0. The number of nitrogens with one attached hydrogen (secondary N) is 1. The van der Waals surface area contributed by atoms with Gasteiger partial charge >= 0.3 is 6.03 Å². The van der Waals surface area contributed by atoms with Gasteiger partial charge in [0.05, 0.1) is 5.69 Å². The second-order valence-corrected chi connectivity index (χ2v) is 7.17. The molecular formula is C25H15FN2O3. The van der Waals surface area contributed by atoms with Crippen LogP contribution in [-0.2, 0) is 9.59 Å². The van der Waals surface area contributed by atoms with Crippen LogP contribution in [0.2, 0.25) is 0 Å². The zero-order valence-electron chi connectivity index (χ0n) is 16.1. The smallest absolute Gasteiger partial charge is 0.273 e. The lowest BCUT2D eigenvalue weighted by Gasteiger charge is -2.26. The maximum atomic E-state index is 13.3. The highest BCUT2D eigenvalue weighted by molar-refractivity contribution is 6.39. The first kappa shape index (κ1) is 18.7. The van der Waals surface area contributed by atoms with Crippen molar-refractivity contribution in [2.75, 3.05) is 4.90 Å². The maximum Gasteiger partial charge on any atom is 0.335 e. The Hall–Kier alpha value is -4.32. The van der Waals surface area contributed by atoms with Crippen LogP contribution in [0, 0.1) is 5.82 Å². The first-order valence-electron chi connectivity index (χ1n) is 9.60. The topological polar surface area (TPSA) is 66.5 Å². The minimum Gasteiger partial charge on any atom is -0.273 e. The number of carbonyl (C=O) groups is 3. The summed E-state index contributed by atoms with van der Waals surface area (Å²) < 4.78 is 13.3. The number of amides is 4. The highest BCUT2D eigenvalue weighted by Crippen LogP contribution is 2.31. The molecule has 1 aliphatic rings. The number of halogens is 1. The Morgan fingerprint density at radius 1 is 0.774 bits per heavy atom. The van der Waals surface area contributed by atoms with Crippen molar-refractivity contribution in [2.24, 2.45) is 0 Å². The monoisotopic (exact) mass is 410 g/mol. The molecule has 4 aromatic carbocycles. The van der Waals surface area contributed by atoms with Gasteiger partial charge in [0.2, 0.25) is 0 Å². The van der Waals surface area contributed by atoms with Gasteiger partial charge in [-0.05, 0) is 63.5 Å². The average Bonchev–Trinajstić information content (AvgIpc) is 2.77. The Labute approximate surface area is 176 Å². The molecule has 1 saturated heterocycles. The number of nitrogens with zero attached hydrogens (tertiary/aromatic N) is 1. The van der Waals surface area contributed by atoms with Crippen molar-refractivity contribution in [1.29, 1.82) is 0 Å². The molecule has 0 unspecified atom stereocenters. The first-order chi connectivity index (χ1) is 15.0. The van der Waals surface area contributed by atoms with E-state index in [-0.39, 0.29) is 11.3 Å². The number of barbiturate groups is 1. The highest BCUT2D eigenvalue weighted by atomic mass is 19.1. The van der Waals surface area contributed by atoms with Crippen LogP contribution in [0.25, 0.3) is 27.6 Å². The van der Waals surface area contributed by atoms with Gasteiger partial charge in [-0.2, -0.15) is 0 Å². The fraction of sp³-hybridized carbons (Fsp3) is 0. The molecule has 4 aromatic rings. The lowest BCUT2D eigenvalue weighted by molar-refractivity contribution is -0.122. The van der Waals surface area contributed by atoms with Gasteiger partial charge in [0.25, 0.3) is 11.8 Å². The first-order valence-corrected chi connectivity index (χ1v) is 9.60. The van der Waals surface area contributed by atoms with E-state index < -0.39 is 23.7 Å². The van der Waals surface area contributed by atoms with Gasteiger partial charge in [0.15, 0.2) is 0 Å². The summed E-state index contributed by atoms with van der Waals surface area (Å²) in [5, 5.41) is 5.88. The average molecular weight is 410 g/mol. The molecule has 0 spiro atoms. The van der Waals surface area contributed by atoms with Crippen molar-refractivity contribution in [3.05, 3.63) is 95.8 Å². The molecule has 150 valence electrons. The molecule has 0 aliphatic carbocycles. The summed E-state index contributed by atoms with van der Waals surface area (Å²) in [6, 6.07) is 21.5. The molecule has 31 heavy (non-hydrogen) atoms. The lowest BCUT2D eigenvalue weighted by Crippen LogP contribution is -2.54. The second kappa shape index (κ2) is 7.18. The van der Waals surface area contributed by atoms with Crippen LogP contribution >= 0.6 is 0 Å². The normalized spacial score (nSPS) is 15.7. The van der Waals surface area contributed by atoms with Gasteiger partial charge in [-0.15, -0.1) is 0 Å². The second-order valence-electron chi connectivity index (χ2n) is 7.17. The third kappa shape index (κ3) is 3.14. The molecule has 5 rings (SSSR count). The van der Waals surface area contributed by atoms with Crippen LogP contribution in [-0.4, -0.2) is 17.8 Å². The van der Waals surface area contributed by atoms with Crippen LogP contribution < -0.4 is 10.2 Å². The zero-order chi connectivity index (χ0) is 21.5. The number of hydrogen-bond acceptors (Lipinski definition) is 3. The molecular weight excluding hydrogens is 395 g/mol. The van der Waals surface area contributed by atoms with Gasteiger partial charge in [0, 0.05) is 0 Å². The van der Waals surface area contributed by atoms with Gasteiger partial charge in [-0.1, -0.05) is 48.5 Å². The van der Waals surface area contributed by atoms with E-state index in [1.54, 1.807) is 0 Å². The third-order valence-corrected chi connectivity index (χ3v) is 5.29. The number of imide groups is 2. The van der Waals surface area contributed by atoms with E-state index in [1.165, 1.54) is 18.2 Å². The van der Waals surface area contributed by atoms with E-state index in [2.05, 4.69) is 5.32 Å². The Morgan fingerprint density at radius 3 is 1.97 bits per heavy atom. The van der Waals surface area contributed by atoms with Gasteiger partial charge in [0.1, 0.15) is 11.4 Å². The fourth-order valence-corrected chi connectivity index (χ4v) is 3.83. The van der Waals surface area contributed by atoms with Crippen LogP contribution in [0.5, 0.6) is 0 Å². The summed E-state index contributed by atoms with van der Waals surface area (Å²) in [6.45, 7) is 0. The van der Waals surface area contributed by atoms with Gasteiger partial charge < -0.3 is 0 Å². The largest absolute Gasteiger partial charge is 0.335 e. The fourth-order valence-electron chi connectivity index (χ4n) is 3.83. The Morgan fingerprint density at radius 2 is 1.35 bits per heavy atom. The molecule has 0 aromatic heterocycles. The van der Waals surface area contributed by atoms with Crippen molar-refractivity contribution >= 4 is 51.2 Å². The number of urea groups is 1. The summed E-state index contributed by atoms with van der Waals surface area (Å²) in [5.41, 5.74) is 0.705. The van der Waals surface area contributed by atoms with E-state index in [0.29, 0.717) is 5.56 Å². The van der Waals surface area contributed by atoms with Crippen LogP contribution in [0.1, 0.15) is 5.56 Å². The molecule has 1 aliphatic heterocycles. The molecule has 0 bridgehead atoms. The summed E-state index contributed by atoms with van der Waals surface area (Å²) in [5.74, 6) is -2.04. The van der Waals surface area contributed by atoms with Crippen molar-refractivity contribution in [3.63, 3.8) is 0 Å². The predicted octanol–water partition coefficient (Wildman–Crippen LogP) is 4.80. The molecule has 0 atom stereocenters. The van der Waals surface area contributed by atoms with E-state index in [1.807, 2.05) is 54.6 Å². The number of anilines is 1. The standard InChI is InChI=1S/C25H15FN2O3/c26-17-9-11-18(12-10-17)28-24(30)22(23(29)27-25(28)31)14-21-19-7-3-1-5-15(19)13-16-6-2-4-8-20(16)21/h1-14H,(H,27,29,31)/b22-14-. The van der Waals surface area contributed by atoms with Crippen molar-refractivity contribution in [2.45, 2.75) is 0 Å². The van der Waals surface area contributed by atoms with E-state index in [9.17, 15) is 18.8 Å². The minimum absolute atomic E-state index is 0.171. The molecule has 0 saturated carbocycles. The molecule has 6 heteroatoms. The highest BCUT2D eigenvalue weighted by Gasteiger charge is 2.37. The molecule has 0 radical (unpaired) electrons. The quantitative estimate of drug-likeness (QED) is 0.293. The summed E-state index contributed by atoms with van der Waals surface area (Å²) in [4.78, 5) is 39.0. The molecule has 1 N–H and O–H groups in total. The third-order valence-electron chi connectivity index (χ3n) is 5.29. The minimum atomic E-state index is -0.874. The van der Waals surface area contributed by atoms with Crippen molar-refractivity contribution < 1.29 is 18.8 Å². The Balaban J connectivity index is 1.71. The van der Waals surface area contributed by atoms with Crippen molar-refractivity contribution in [1.82, 2.24) is 5.32 Å². The zero-order valence-corrected chi connectivity index (χ0v) is 16.1. The number of hydrogen-bond donors (Lipinski definition) is 1. The maximum absolute atomic E-state index is 13.3. The van der Waals surface area contributed by atoms with Crippen LogP contribution in [0.3, 0.4) is 0 Å². The predicted molar refractivity (Wildman–Crippen MR) is 117 cm³/mol. The number of benzene rings is 4. The van der Waals surface area contributed by atoms with Gasteiger partial charge in [-0.25, -0.2) is 14.1 Å². The van der Waals surface area contributed by atoms with Crippen LogP contribution in [0.15, 0.2) is 84.4 Å². The Kier molecular flexibility index (Phi) is 4.33. The SMILES string of the molecule is O=C1NC(=O)N(c2ccc(F)cc2)C(=O)/C1=C\c1c2ccccc2cc2ccccc12. The van der Waals surface area contributed by atoms with Gasteiger partial charge in [-0.3, -0.25) is 14.9 Å². The molecule has 4 amide bonds. The number of rotatable bonds is 2. The number of fused-ring (bicyclic) bond motifs is 2. The van der Waals surface area contributed by atoms with E-state index >= 15 is 0 Å². The molecule has 1 heterocycles. The molecule has 5 nitrogen and oxygen atoms in total. The van der Waals surface area contributed by atoms with E-state index in [0.717, 1.165) is 38.6 Å². The summed E-state index contributed by atoms with van der Waals surface area (Å²) in [7, 11) is 0. The summed E-state index contributed by atoms with van der Waals surface area (Å²) in [6.07, 6.45) is 1.52. The van der Waals surface area contributed by atoms with Crippen LogP contribution in [0.4, 0.5) is 14.9 Å². The Bertz CT molecular complexity index is 1370.